The van der Waals surface area contributed by atoms with Crippen molar-refractivity contribution >= 4 is 40.6 Å². The average molecular weight is 293 g/mol. The normalized spacial score (nSPS) is 11.5. The van der Waals surface area contributed by atoms with Crippen LogP contribution in [0.15, 0.2) is 5.38 Å². The van der Waals surface area contributed by atoms with Gasteiger partial charge in [-0.1, -0.05) is 0 Å². The molecule has 0 saturated heterocycles. The maximum atomic E-state index is 11.7. The van der Waals surface area contributed by atoms with Crippen LogP contribution in [0.5, 0.6) is 0 Å². The van der Waals surface area contributed by atoms with E-state index in [9.17, 15) is 4.79 Å². The van der Waals surface area contributed by atoms with Crippen molar-refractivity contribution in [1.82, 2.24) is 10.3 Å². The molecule has 0 radical (unpaired) electrons. The zero-order valence-electron chi connectivity index (χ0n) is 10.2. The zero-order valence-corrected chi connectivity index (χ0v) is 12.6. The summed E-state index contributed by atoms with van der Waals surface area (Å²) >= 11 is 8.88. The van der Waals surface area contributed by atoms with E-state index in [1.165, 1.54) is 11.3 Å². The number of hydrogen-bond donors (Lipinski definition) is 1. The fraction of sp³-hybridized carbons (Fsp3) is 0.636. The third-order valence-corrected chi connectivity index (χ3v) is 4.73. The number of amides is 1. The molecule has 1 aromatic rings. The van der Waals surface area contributed by atoms with Crippen LogP contribution in [0.1, 0.15) is 24.5 Å². The topological polar surface area (TPSA) is 42.0 Å². The first-order chi connectivity index (χ1) is 7.96. The minimum atomic E-state index is 0.0163. The molecule has 3 nitrogen and oxygen atoms in total. The van der Waals surface area contributed by atoms with Crippen molar-refractivity contribution in [3.8, 4) is 0 Å². The van der Waals surface area contributed by atoms with E-state index in [-0.39, 0.29) is 10.7 Å². The summed E-state index contributed by atoms with van der Waals surface area (Å²) in [7, 11) is 0. The van der Waals surface area contributed by atoms with Crippen LogP contribution < -0.4 is 5.32 Å². The van der Waals surface area contributed by atoms with E-state index in [4.69, 9.17) is 11.6 Å². The number of thiazole rings is 1. The number of carbonyl (C=O) groups is 1. The highest BCUT2D eigenvalue weighted by Gasteiger charge is 2.17. The molecule has 0 unspecified atom stereocenters. The smallest absolute Gasteiger partial charge is 0.226 e. The van der Waals surface area contributed by atoms with E-state index < -0.39 is 0 Å². The maximum Gasteiger partial charge on any atom is 0.226 e. The molecule has 1 rings (SSSR count). The van der Waals surface area contributed by atoms with Crippen molar-refractivity contribution < 1.29 is 4.79 Å². The molecule has 0 aliphatic heterocycles. The molecule has 96 valence electrons. The second-order valence-corrected chi connectivity index (χ2v) is 7.01. The Hall–Kier alpha value is -0.260. The Labute approximate surface area is 115 Å². The second-order valence-electron chi connectivity index (χ2n) is 4.28. The summed E-state index contributed by atoms with van der Waals surface area (Å²) < 4.78 is 0.0693. The standard InChI is InChI=1S/C11H17ClN2OS2/c1-11(2,16-3)7-13-9(15)4-10-14-8(5-12)6-17-10/h6H,4-5,7H2,1-3H3,(H,13,15). The van der Waals surface area contributed by atoms with Crippen LogP contribution in [0.25, 0.3) is 0 Å². The molecule has 0 bridgehead atoms. The minimum Gasteiger partial charge on any atom is -0.354 e. The van der Waals surface area contributed by atoms with E-state index >= 15 is 0 Å². The Balaban J connectivity index is 2.39. The monoisotopic (exact) mass is 292 g/mol. The van der Waals surface area contributed by atoms with Gasteiger partial charge in [0.1, 0.15) is 5.01 Å². The predicted octanol–water partition coefficient (Wildman–Crippen LogP) is 2.68. The number of thioether (sulfide) groups is 1. The molecule has 6 heteroatoms. The van der Waals surface area contributed by atoms with Gasteiger partial charge in [-0.2, -0.15) is 11.8 Å². The predicted molar refractivity (Wildman–Crippen MR) is 76.0 cm³/mol. The van der Waals surface area contributed by atoms with Gasteiger partial charge in [0.2, 0.25) is 5.91 Å². The van der Waals surface area contributed by atoms with E-state index in [0.29, 0.717) is 18.8 Å². The summed E-state index contributed by atoms with van der Waals surface area (Å²) in [5, 5.41) is 5.63. The van der Waals surface area contributed by atoms with Crippen LogP contribution >= 0.6 is 34.7 Å². The van der Waals surface area contributed by atoms with Crippen LogP contribution in [-0.2, 0) is 17.1 Å². The Morgan fingerprint density at radius 1 is 1.65 bits per heavy atom. The van der Waals surface area contributed by atoms with E-state index in [2.05, 4.69) is 24.1 Å². The lowest BCUT2D eigenvalue weighted by Crippen LogP contribution is -2.36. The van der Waals surface area contributed by atoms with E-state index in [0.717, 1.165) is 10.7 Å². The van der Waals surface area contributed by atoms with Gasteiger partial charge in [-0.25, -0.2) is 4.98 Å². The van der Waals surface area contributed by atoms with Crippen molar-refractivity contribution in [2.45, 2.75) is 30.9 Å². The largest absolute Gasteiger partial charge is 0.354 e. The maximum absolute atomic E-state index is 11.7. The number of carbonyl (C=O) groups excluding carboxylic acids is 1. The van der Waals surface area contributed by atoms with E-state index in [1.54, 1.807) is 11.8 Å². The molecular weight excluding hydrogens is 276 g/mol. The third kappa shape index (κ3) is 5.27. The molecule has 0 aliphatic rings. The zero-order chi connectivity index (χ0) is 12.9. The Bertz CT molecular complexity index is 379. The summed E-state index contributed by atoms with van der Waals surface area (Å²) in [6.07, 6.45) is 2.38. The number of nitrogens with zero attached hydrogens (tertiary/aromatic N) is 1. The molecule has 0 aromatic carbocycles. The molecule has 1 N–H and O–H groups in total. The molecule has 0 atom stereocenters. The average Bonchev–Trinajstić information content (AvgIpc) is 2.74. The Kier molecular flexibility index (Phi) is 5.76. The summed E-state index contributed by atoms with van der Waals surface area (Å²) in [6, 6.07) is 0. The fourth-order valence-corrected chi connectivity index (χ4v) is 2.31. The lowest BCUT2D eigenvalue weighted by Gasteiger charge is -2.21. The Morgan fingerprint density at radius 2 is 2.35 bits per heavy atom. The van der Waals surface area contributed by atoms with Gasteiger partial charge in [-0.15, -0.1) is 22.9 Å². The first-order valence-corrected chi connectivity index (χ1v) is 7.92. The molecule has 17 heavy (non-hydrogen) atoms. The molecule has 0 aliphatic carbocycles. The van der Waals surface area contributed by atoms with Crippen LogP contribution in [0, 0.1) is 0 Å². The van der Waals surface area contributed by atoms with Gasteiger partial charge >= 0.3 is 0 Å². The number of aromatic nitrogens is 1. The van der Waals surface area contributed by atoms with Crippen LogP contribution in [0.4, 0.5) is 0 Å². The highest BCUT2D eigenvalue weighted by molar-refractivity contribution is 7.99. The fourth-order valence-electron chi connectivity index (χ4n) is 1.07. The van der Waals surface area contributed by atoms with Crippen molar-refractivity contribution in [3.63, 3.8) is 0 Å². The lowest BCUT2D eigenvalue weighted by molar-refractivity contribution is -0.120. The van der Waals surface area contributed by atoms with Gasteiger partial charge in [0, 0.05) is 16.7 Å². The summed E-state index contributed by atoms with van der Waals surface area (Å²) in [4.78, 5) is 15.9. The molecular formula is C11H17ClN2OS2. The molecule has 0 spiro atoms. The molecule has 1 heterocycles. The highest BCUT2D eigenvalue weighted by atomic mass is 35.5. The molecule has 0 fully saturated rings. The van der Waals surface area contributed by atoms with Crippen LogP contribution in [0.2, 0.25) is 0 Å². The van der Waals surface area contributed by atoms with Crippen molar-refractivity contribution in [2.75, 3.05) is 12.8 Å². The number of alkyl halides is 1. The van der Waals surface area contributed by atoms with Crippen molar-refractivity contribution in [2.24, 2.45) is 0 Å². The molecule has 1 amide bonds. The second kappa shape index (κ2) is 6.61. The first-order valence-electron chi connectivity index (χ1n) is 5.28. The van der Waals surface area contributed by atoms with Gasteiger partial charge in [0.25, 0.3) is 0 Å². The van der Waals surface area contributed by atoms with Gasteiger partial charge < -0.3 is 5.32 Å². The van der Waals surface area contributed by atoms with Gasteiger partial charge in [0.05, 0.1) is 18.0 Å². The van der Waals surface area contributed by atoms with Gasteiger partial charge in [-0.3, -0.25) is 4.79 Å². The highest BCUT2D eigenvalue weighted by Crippen LogP contribution is 2.19. The van der Waals surface area contributed by atoms with Gasteiger partial charge in [0.15, 0.2) is 0 Å². The van der Waals surface area contributed by atoms with Gasteiger partial charge in [-0.05, 0) is 20.1 Å². The first kappa shape index (κ1) is 14.8. The number of hydrogen-bond acceptors (Lipinski definition) is 4. The van der Waals surface area contributed by atoms with E-state index in [1.807, 2.05) is 11.6 Å². The molecule has 0 saturated carbocycles. The number of rotatable bonds is 6. The lowest BCUT2D eigenvalue weighted by atomic mass is 10.2. The summed E-state index contributed by atoms with van der Waals surface area (Å²) in [5.74, 6) is 0.417. The SMILES string of the molecule is CSC(C)(C)CNC(=O)Cc1nc(CCl)cs1. The van der Waals surface area contributed by atoms with Crippen molar-refractivity contribution in [3.05, 3.63) is 16.1 Å². The third-order valence-electron chi connectivity index (χ3n) is 2.31. The Morgan fingerprint density at radius 3 is 2.88 bits per heavy atom. The number of nitrogens with one attached hydrogen (secondary N) is 1. The summed E-state index contributed by atoms with van der Waals surface area (Å²) in [5.41, 5.74) is 0.837. The molecule has 1 aromatic heterocycles. The minimum absolute atomic E-state index is 0.0163. The van der Waals surface area contributed by atoms with Crippen LogP contribution in [-0.4, -0.2) is 28.4 Å². The number of halogens is 1. The summed E-state index contributed by atoms with van der Waals surface area (Å²) in [6.45, 7) is 4.88. The van der Waals surface area contributed by atoms with Crippen LogP contribution in [0.3, 0.4) is 0 Å². The quantitative estimate of drug-likeness (QED) is 0.820. The van der Waals surface area contributed by atoms with Crippen molar-refractivity contribution in [1.29, 1.82) is 0 Å².